The molecule has 0 saturated carbocycles. The van der Waals surface area contributed by atoms with E-state index < -0.39 is 5.60 Å². The summed E-state index contributed by atoms with van der Waals surface area (Å²) in [5.74, 6) is 1.94. The van der Waals surface area contributed by atoms with E-state index in [0.717, 1.165) is 29.9 Å². The van der Waals surface area contributed by atoms with Crippen LogP contribution in [0.4, 0.5) is 0 Å². The van der Waals surface area contributed by atoms with E-state index in [9.17, 15) is 5.11 Å². The van der Waals surface area contributed by atoms with Crippen molar-refractivity contribution in [2.45, 2.75) is 18.4 Å². The first-order chi connectivity index (χ1) is 7.26. The van der Waals surface area contributed by atoms with Crippen LogP contribution in [0.1, 0.15) is 24.0 Å². The fourth-order valence-corrected chi connectivity index (χ4v) is 3.13. The highest BCUT2D eigenvalue weighted by Gasteiger charge is 2.33. The number of hydrogen-bond acceptors (Lipinski definition) is 3. The molecule has 0 unspecified atom stereocenters. The molecule has 15 heavy (non-hydrogen) atoms. The van der Waals surface area contributed by atoms with Gasteiger partial charge in [0.1, 0.15) is 0 Å². The van der Waals surface area contributed by atoms with E-state index in [-0.39, 0.29) is 0 Å². The molecule has 1 heterocycles. The quantitative estimate of drug-likeness (QED) is 0.788. The largest absolute Gasteiger partial charge is 0.385 e. The van der Waals surface area contributed by atoms with Crippen LogP contribution in [0.2, 0.25) is 0 Å². The Morgan fingerprint density at radius 3 is 2.60 bits per heavy atom. The first-order valence-corrected chi connectivity index (χ1v) is 6.21. The minimum atomic E-state index is -0.780. The van der Waals surface area contributed by atoms with Gasteiger partial charge in [0, 0.05) is 5.56 Å². The van der Waals surface area contributed by atoms with Crippen molar-refractivity contribution in [3.05, 3.63) is 35.4 Å². The smallest absolute Gasteiger partial charge is 0.0995 e. The zero-order chi connectivity index (χ0) is 10.7. The highest BCUT2D eigenvalue weighted by atomic mass is 32.2. The van der Waals surface area contributed by atoms with Gasteiger partial charge in [-0.05, 0) is 30.4 Å². The predicted molar refractivity (Wildman–Crippen MR) is 61.6 cm³/mol. The zero-order valence-electron chi connectivity index (χ0n) is 8.44. The SMILES string of the molecule is N#Cc1ccccc1C1(O)CCSCC1. The van der Waals surface area contributed by atoms with E-state index in [1.807, 2.05) is 30.0 Å². The molecule has 1 aromatic rings. The molecule has 3 heteroatoms. The third-order valence-electron chi connectivity index (χ3n) is 2.87. The molecule has 1 aromatic carbocycles. The highest BCUT2D eigenvalue weighted by molar-refractivity contribution is 7.99. The summed E-state index contributed by atoms with van der Waals surface area (Å²) in [5, 5.41) is 19.5. The second-order valence-corrected chi connectivity index (χ2v) is 5.03. The minimum Gasteiger partial charge on any atom is -0.385 e. The number of rotatable bonds is 1. The summed E-state index contributed by atoms with van der Waals surface area (Å²) in [7, 11) is 0. The van der Waals surface area contributed by atoms with Gasteiger partial charge < -0.3 is 5.11 Å². The normalized spacial score (nSPS) is 19.5. The van der Waals surface area contributed by atoms with Crippen molar-refractivity contribution < 1.29 is 5.11 Å². The van der Waals surface area contributed by atoms with E-state index in [1.165, 1.54) is 0 Å². The summed E-state index contributed by atoms with van der Waals surface area (Å²) < 4.78 is 0. The summed E-state index contributed by atoms with van der Waals surface area (Å²) in [6.07, 6.45) is 1.49. The highest BCUT2D eigenvalue weighted by Crippen LogP contribution is 2.37. The average molecular weight is 219 g/mol. The minimum absolute atomic E-state index is 0.604. The lowest BCUT2D eigenvalue weighted by molar-refractivity contribution is 0.0278. The number of aliphatic hydroxyl groups is 1. The summed E-state index contributed by atoms with van der Waals surface area (Å²) in [6, 6.07) is 9.51. The standard InChI is InChI=1S/C12H13NOS/c13-9-10-3-1-2-4-11(10)12(14)5-7-15-8-6-12/h1-4,14H,5-8H2. The Labute approximate surface area is 93.9 Å². The van der Waals surface area contributed by atoms with E-state index >= 15 is 0 Å². The van der Waals surface area contributed by atoms with E-state index in [0.29, 0.717) is 5.56 Å². The summed E-state index contributed by atoms with van der Waals surface area (Å²) >= 11 is 1.86. The van der Waals surface area contributed by atoms with Crippen LogP contribution in [0.15, 0.2) is 24.3 Å². The molecule has 1 fully saturated rings. The van der Waals surface area contributed by atoms with Gasteiger partial charge in [0.15, 0.2) is 0 Å². The molecule has 2 nitrogen and oxygen atoms in total. The van der Waals surface area contributed by atoms with Crippen LogP contribution >= 0.6 is 11.8 Å². The molecule has 1 N–H and O–H groups in total. The van der Waals surface area contributed by atoms with Gasteiger partial charge in [0.2, 0.25) is 0 Å². The zero-order valence-corrected chi connectivity index (χ0v) is 9.26. The van der Waals surface area contributed by atoms with Gasteiger partial charge in [-0.3, -0.25) is 0 Å². The van der Waals surface area contributed by atoms with Crippen molar-refractivity contribution in [3.8, 4) is 6.07 Å². The van der Waals surface area contributed by atoms with Crippen molar-refractivity contribution in [1.82, 2.24) is 0 Å². The lowest BCUT2D eigenvalue weighted by atomic mass is 9.85. The van der Waals surface area contributed by atoms with Gasteiger partial charge in [-0.1, -0.05) is 18.2 Å². The second kappa shape index (κ2) is 4.26. The van der Waals surface area contributed by atoms with E-state index in [2.05, 4.69) is 6.07 Å². The van der Waals surface area contributed by atoms with Crippen LogP contribution in [-0.2, 0) is 5.60 Å². The van der Waals surface area contributed by atoms with Gasteiger partial charge in [-0.15, -0.1) is 0 Å². The fraction of sp³-hybridized carbons (Fsp3) is 0.417. The van der Waals surface area contributed by atoms with Crippen LogP contribution in [0.25, 0.3) is 0 Å². The lowest BCUT2D eigenvalue weighted by Crippen LogP contribution is -2.31. The second-order valence-electron chi connectivity index (χ2n) is 3.80. The maximum absolute atomic E-state index is 10.5. The van der Waals surface area contributed by atoms with E-state index in [1.54, 1.807) is 6.07 Å². The van der Waals surface area contributed by atoms with Gasteiger partial charge in [0.25, 0.3) is 0 Å². The predicted octanol–water partition coefficient (Wildman–Crippen LogP) is 2.27. The molecule has 1 saturated heterocycles. The molecule has 0 amide bonds. The number of hydrogen-bond donors (Lipinski definition) is 1. The lowest BCUT2D eigenvalue weighted by Gasteiger charge is -2.32. The Morgan fingerprint density at radius 1 is 1.27 bits per heavy atom. The molecular weight excluding hydrogens is 206 g/mol. The van der Waals surface area contributed by atoms with Crippen LogP contribution in [0.3, 0.4) is 0 Å². The Kier molecular flexibility index (Phi) is 2.99. The van der Waals surface area contributed by atoms with Crippen molar-refractivity contribution >= 4 is 11.8 Å². The molecule has 0 bridgehead atoms. The third kappa shape index (κ3) is 2.01. The van der Waals surface area contributed by atoms with Crippen molar-refractivity contribution in [3.63, 3.8) is 0 Å². The van der Waals surface area contributed by atoms with Crippen LogP contribution in [0.5, 0.6) is 0 Å². The first kappa shape index (κ1) is 10.5. The maximum atomic E-state index is 10.5. The molecule has 0 aliphatic carbocycles. The molecule has 0 atom stereocenters. The number of nitriles is 1. The molecule has 1 aliphatic rings. The summed E-state index contributed by atoms with van der Waals surface area (Å²) in [6.45, 7) is 0. The van der Waals surface area contributed by atoms with Crippen LogP contribution in [0, 0.1) is 11.3 Å². The average Bonchev–Trinajstić information content (AvgIpc) is 2.30. The molecule has 0 aromatic heterocycles. The Morgan fingerprint density at radius 2 is 1.93 bits per heavy atom. The van der Waals surface area contributed by atoms with Gasteiger partial charge in [-0.25, -0.2) is 0 Å². The maximum Gasteiger partial charge on any atom is 0.0995 e. The van der Waals surface area contributed by atoms with Crippen molar-refractivity contribution in [1.29, 1.82) is 5.26 Å². The Bertz CT molecular complexity index is 391. The Balaban J connectivity index is 2.39. The molecule has 0 radical (unpaired) electrons. The first-order valence-electron chi connectivity index (χ1n) is 5.06. The number of benzene rings is 1. The fourth-order valence-electron chi connectivity index (χ4n) is 1.96. The molecule has 0 spiro atoms. The monoisotopic (exact) mass is 219 g/mol. The van der Waals surface area contributed by atoms with Gasteiger partial charge in [-0.2, -0.15) is 17.0 Å². The molecular formula is C12H13NOS. The van der Waals surface area contributed by atoms with Crippen molar-refractivity contribution in [2.24, 2.45) is 0 Å². The van der Waals surface area contributed by atoms with Gasteiger partial charge in [0.05, 0.1) is 17.2 Å². The number of thioether (sulfide) groups is 1. The Hall–Kier alpha value is -0.980. The third-order valence-corrected chi connectivity index (χ3v) is 3.85. The van der Waals surface area contributed by atoms with Crippen LogP contribution in [-0.4, -0.2) is 16.6 Å². The summed E-state index contributed by atoms with van der Waals surface area (Å²) in [5.41, 5.74) is 0.622. The molecule has 78 valence electrons. The van der Waals surface area contributed by atoms with E-state index in [4.69, 9.17) is 5.26 Å². The van der Waals surface area contributed by atoms with Crippen molar-refractivity contribution in [2.75, 3.05) is 11.5 Å². The molecule has 2 rings (SSSR count). The topological polar surface area (TPSA) is 44.0 Å². The number of nitrogens with zero attached hydrogens (tertiary/aromatic N) is 1. The molecule has 1 aliphatic heterocycles. The summed E-state index contributed by atoms with van der Waals surface area (Å²) in [4.78, 5) is 0. The van der Waals surface area contributed by atoms with Gasteiger partial charge >= 0.3 is 0 Å². The van der Waals surface area contributed by atoms with Crippen LogP contribution < -0.4 is 0 Å².